The molecule has 0 saturated carbocycles. The van der Waals surface area contributed by atoms with Crippen molar-refractivity contribution in [2.45, 2.75) is 64.7 Å². The minimum atomic E-state index is -0.118. The van der Waals surface area contributed by atoms with E-state index >= 15 is 0 Å². The number of piperazine rings is 2. The number of methoxy groups -OCH3 is 4. The van der Waals surface area contributed by atoms with Gasteiger partial charge in [0.2, 0.25) is 5.95 Å². The van der Waals surface area contributed by atoms with Crippen LogP contribution < -0.4 is 39.8 Å². The van der Waals surface area contributed by atoms with Gasteiger partial charge in [-0.1, -0.05) is 38.1 Å². The first-order valence-corrected chi connectivity index (χ1v) is 25.7. The number of aromatic nitrogens is 2. The van der Waals surface area contributed by atoms with Gasteiger partial charge in [0.15, 0.2) is 23.0 Å². The Labute approximate surface area is 426 Å². The molecule has 0 radical (unpaired) electrons. The van der Waals surface area contributed by atoms with Crippen molar-refractivity contribution >= 4 is 29.1 Å². The number of nitrogens with two attached hydrogens (primary N) is 1. The normalized spacial score (nSPS) is 16.7. The Morgan fingerprint density at radius 1 is 0.569 bits per heavy atom. The summed E-state index contributed by atoms with van der Waals surface area (Å²) < 4.78 is 22.0. The Balaban J connectivity index is 0.000000195. The van der Waals surface area contributed by atoms with Crippen LogP contribution in [0.5, 0.6) is 23.0 Å². The van der Waals surface area contributed by atoms with Gasteiger partial charge in [0.05, 0.1) is 40.5 Å². The molecule has 2 amide bonds. The highest BCUT2D eigenvalue weighted by molar-refractivity contribution is 6.01. The Morgan fingerprint density at radius 2 is 1.01 bits per heavy atom. The number of ether oxygens (including phenoxy) is 4. The Hall–Kier alpha value is -6.62. The van der Waals surface area contributed by atoms with Gasteiger partial charge in [-0.15, -0.1) is 0 Å². The molecule has 5 aromatic rings. The van der Waals surface area contributed by atoms with E-state index in [2.05, 4.69) is 60.9 Å². The molecule has 5 heterocycles. The fourth-order valence-corrected chi connectivity index (χ4v) is 10.7. The fourth-order valence-electron chi connectivity index (χ4n) is 10.7. The van der Waals surface area contributed by atoms with Crippen LogP contribution in [-0.2, 0) is 13.1 Å². The monoisotopic (exact) mass is 983 g/mol. The van der Waals surface area contributed by atoms with Gasteiger partial charge < -0.3 is 59.4 Å². The quantitative estimate of drug-likeness (QED) is 0.0740. The molecule has 72 heavy (non-hydrogen) atoms. The van der Waals surface area contributed by atoms with Crippen LogP contribution in [0.4, 0.5) is 17.3 Å². The second-order valence-electron chi connectivity index (χ2n) is 18.6. The third-order valence-corrected chi connectivity index (χ3v) is 14.8. The predicted molar refractivity (Wildman–Crippen MR) is 284 cm³/mol. The molecule has 2 atom stereocenters. The molecule has 0 aliphatic carbocycles. The van der Waals surface area contributed by atoms with Gasteiger partial charge in [-0.05, 0) is 111 Å². The van der Waals surface area contributed by atoms with Crippen LogP contribution in [0, 0.1) is 0 Å². The number of likely N-dealkylation sites (N-methyl/N-ethyl adjacent to an activating group) is 2. The average molecular weight is 983 g/mol. The van der Waals surface area contributed by atoms with Crippen molar-refractivity contribution < 1.29 is 28.5 Å². The lowest BCUT2D eigenvalue weighted by molar-refractivity contribution is 0.0682. The Morgan fingerprint density at radius 3 is 1.43 bits per heavy atom. The second kappa shape index (κ2) is 24.7. The number of rotatable bonds is 20. The van der Waals surface area contributed by atoms with E-state index in [9.17, 15) is 9.59 Å². The van der Waals surface area contributed by atoms with Crippen molar-refractivity contribution in [2.75, 3.05) is 122 Å². The van der Waals surface area contributed by atoms with E-state index < -0.39 is 0 Å². The van der Waals surface area contributed by atoms with Crippen molar-refractivity contribution in [3.05, 3.63) is 125 Å². The number of hydrogen-bond acceptors (Lipinski definition) is 14. The topological polar surface area (TPSA) is 154 Å². The smallest absolute Gasteiger partial charge is 0.255 e. The lowest BCUT2D eigenvalue weighted by Gasteiger charge is -2.36. The number of benzene rings is 4. The van der Waals surface area contributed by atoms with E-state index in [0.29, 0.717) is 55.1 Å². The molecule has 384 valence electrons. The third kappa shape index (κ3) is 11.5. The van der Waals surface area contributed by atoms with Crippen LogP contribution in [-0.4, -0.2) is 148 Å². The molecule has 4 aliphatic heterocycles. The van der Waals surface area contributed by atoms with Crippen molar-refractivity contribution in [2.24, 2.45) is 5.73 Å². The zero-order chi connectivity index (χ0) is 50.6. The summed E-state index contributed by atoms with van der Waals surface area (Å²) in [5.41, 5.74) is 14.2. The van der Waals surface area contributed by atoms with E-state index in [1.54, 1.807) is 46.9 Å². The highest BCUT2D eigenvalue weighted by atomic mass is 16.5. The minimum absolute atomic E-state index is 0.0713. The summed E-state index contributed by atoms with van der Waals surface area (Å²) >= 11 is 0. The number of carbonyl (C=O) groups is 2. The number of fused-ring (bicyclic) bond motifs is 2. The van der Waals surface area contributed by atoms with Gasteiger partial charge in [0, 0.05) is 118 Å². The van der Waals surface area contributed by atoms with E-state index in [-0.39, 0.29) is 23.9 Å². The first-order chi connectivity index (χ1) is 35.2. The van der Waals surface area contributed by atoms with E-state index in [0.717, 1.165) is 125 Å². The molecule has 4 aromatic carbocycles. The first kappa shape index (κ1) is 51.7. The van der Waals surface area contributed by atoms with Gasteiger partial charge in [-0.25, -0.2) is 9.97 Å². The fraction of sp³-hybridized carbons (Fsp3) is 0.464. The Bertz CT molecular complexity index is 2590. The number of nitrogens with one attached hydrogen (secondary N) is 1. The highest BCUT2D eigenvalue weighted by Crippen LogP contribution is 2.42. The second-order valence-corrected chi connectivity index (χ2v) is 18.6. The number of nitrogens with zero attached hydrogens (tertiary/aromatic N) is 8. The zero-order valence-electron chi connectivity index (χ0n) is 43.1. The van der Waals surface area contributed by atoms with Gasteiger partial charge in [0.1, 0.15) is 0 Å². The molecule has 2 saturated heterocycles. The van der Waals surface area contributed by atoms with Crippen molar-refractivity contribution in [3.8, 4) is 23.0 Å². The van der Waals surface area contributed by atoms with Crippen LogP contribution in [0.15, 0.2) is 91.3 Å². The van der Waals surface area contributed by atoms with E-state index in [1.807, 2.05) is 70.5 Å². The summed E-state index contributed by atoms with van der Waals surface area (Å²) in [6.45, 7) is 17.2. The summed E-state index contributed by atoms with van der Waals surface area (Å²) in [6.07, 6.45) is 6.70. The highest BCUT2D eigenvalue weighted by Gasteiger charge is 2.38. The number of carbonyl (C=O) groups excluding carboxylic acids is 2. The molecular formula is C56H74N10O6. The summed E-state index contributed by atoms with van der Waals surface area (Å²) in [5.74, 6) is 3.48. The number of amides is 2. The molecule has 0 spiro atoms. The van der Waals surface area contributed by atoms with Crippen LogP contribution in [0.25, 0.3) is 0 Å². The van der Waals surface area contributed by atoms with Gasteiger partial charge in [-0.3, -0.25) is 9.59 Å². The molecular weight excluding hydrogens is 909 g/mol. The van der Waals surface area contributed by atoms with Crippen LogP contribution in [0.2, 0.25) is 0 Å². The maximum absolute atomic E-state index is 13.9. The molecule has 16 nitrogen and oxygen atoms in total. The summed E-state index contributed by atoms with van der Waals surface area (Å²) in [6, 6.07) is 25.8. The maximum Gasteiger partial charge on any atom is 0.255 e. The van der Waals surface area contributed by atoms with E-state index in [1.165, 1.54) is 11.4 Å². The lowest BCUT2D eigenvalue weighted by atomic mass is 9.99. The Kier molecular flexibility index (Phi) is 17.7. The summed E-state index contributed by atoms with van der Waals surface area (Å²) in [7, 11) is 6.54. The van der Waals surface area contributed by atoms with Crippen LogP contribution in [0.1, 0.15) is 94.6 Å². The zero-order valence-corrected chi connectivity index (χ0v) is 43.1. The molecule has 1 aromatic heterocycles. The largest absolute Gasteiger partial charge is 0.493 e. The predicted octanol–water partition coefficient (Wildman–Crippen LogP) is 7.51. The summed E-state index contributed by atoms with van der Waals surface area (Å²) in [5, 5.41) is 3.29. The van der Waals surface area contributed by atoms with Crippen LogP contribution in [0.3, 0.4) is 0 Å². The van der Waals surface area contributed by atoms with Gasteiger partial charge in [0.25, 0.3) is 11.8 Å². The molecule has 3 N–H and O–H groups in total. The standard InChI is InChI=1S/C30H38N6O3.C26H36N4O3/c1-4-34-16-18-35(19-17-34)26-9-5-8-23-24(26)21-36(29(23)37)25(10-6-13-31-30-32-14-7-15-33-30)22-11-12-27(38-2)28(20-22)39-3;1-4-28-13-15-29(16-14-28)23-8-5-7-20-21(23)18-30(26(20)31)22(9-6-12-27)19-10-11-24(32-2)25(17-19)33-3/h5,7-9,11-12,14-15,20,25H,4,6,10,13,16-19,21H2,1-3H3,(H,31,32,33);5,7-8,10-11,17,22H,4,6,9,12-16,18,27H2,1-3H3/t25-;22-/m11/s1. The molecule has 16 heteroatoms. The van der Waals surface area contributed by atoms with Crippen molar-refractivity contribution in [1.82, 2.24) is 29.6 Å². The van der Waals surface area contributed by atoms with Crippen molar-refractivity contribution in [3.63, 3.8) is 0 Å². The molecule has 4 aliphatic rings. The first-order valence-electron chi connectivity index (χ1n) is 25.7. The minimum Gasteiger partial charge on any atom is -0.493 e. The molecule has 0 unspecified atom stereocenters. The van der Waals surface area contributed by atoms with E-state index in [4.69, 9.17) is 24.7 Å². The van der Waals surface area contributed by atoms with Crippen LogP contribution >= 0.6 is 0 Å². The molecule has 0 bridgehead atoms. The molecule has 2 fully saturated rings. The van der Waals surface area contributed by atoms with Gasteiger partial charge >= 0.3 is 0 Å². The molecule has 9 rings (SSSR count). The number of hydrogen-bond donors (Lipinski definition) is 2. The average Bonchev–Trinajstić information content (AvgIpc) is 3.96. The van der Waals surface area contributed by atoms with Gasteiger partial charge in [-0.2, -0.15) is 0 Å². The lowest BCUT2D eigenvalue weighted by Crippen LogP contribution is -2.46. The number of anilines is 3. The summed E-state index contributed by atoms with van der Waals surface area (Å²) in [4.78, 5) is 49.8. The SMILES string of the molecule is CCN1CCN(c2cccc3c2CN([C@H](CCCN)c2ccc(OC)c(OC)c2)C3=O)CC1.CCN1CCN(c2cccc3c2CN([C@H](CCCNc2ncccn2)c2ccc(OC)c(OC)c2)C3=O)CC1. The third-order valence-electron chi connectivity index (χ3n) is 14.8. The van der Waals surface area contributed by atoms with Crippen molar-refractivity contribution in [1.29, 1.82) is 0 Å². The maximum atomic E-state index is 13.9.